The zero-order chi connectivity index (χ0) is 19.0. The van der Waals surface area contributed by atoms with E-state index in [1.54, 1.807) is 10.8 Å². The van der Waals surface area contributed by atoms with Crippen LogP contribution in [0.5, 0.6) is 0 Å². The molecule has 0 fully saturated rings. The fraction of sp³-hybridized carbons (Fsp3) is 0.250. The topological polar surface area (TPSA) is 61.8 Å². The van der Waals surface area contributed by atoms with Gasteiger partial charge in [0, 0.05) is 26.0 Å². The molecule has 3 aromatic heterocycles. The van der Waals surface area contributed by atoms with Crippen molar-refractivity contribution in [1.29, 1.82) is 0 Å². The highest BCUT2D eigenvalue weighted by Crippen LogP contribution is 2.21. The van der Waals surface area contributed by atoms with Gasteiger partial charge in [-0.3, -0.25) is 13.9 Å². The maximum absolute atomic E-state index is 13.2. The Labute approximate surface area is 160 Å². The quantitative estimate of drug-likeness (QED) is 0.535. The maximum atomic E-state index is 13.2. The predicted molar refractivity (Wildman–Crippen MR) is 108 cm³/mol. The Bertz CT molecular complexity index is 1210. The molecule has 138 valence electrons. The predicted octanol–water partition coefficient (Wildman–Crippen LogP) is 2.56. The van der Waals surface area contributed by atoms with Gasteiger partial charge in [0.15, 0.2) is 0 Å². The standard InChI is InChI=1S/C20H20N4O2S/c1-14-13-27-19-17(14)18(25)23(10-8-15-6-4-3-5-7-15)20(26)24(19)12-16-21-9-11-22(16)2/h3-7,9,11,13H,8,10,12H2,1-2H3. The van der Waals surface area contributed by atoms with Crippen molar-refractivity contribution in [2.24, 2.45) is 7.05 Å². The second-order valence-corrected chi connectivity index (χ2v) is 7.47. The van der Waals surface area contributed by atoms with Crippen molar-refractivity contribution in [1.82, 2.24) is 18.7 Å². The lowest BCUT2D eigenvalue weighted by molar-refractivity contribution is 0.579. The summed E-state index contributed by atoms with van der Waals surface area (Å²) in [6.07, 6.45) is 4.19. The summed E-state index contributed by atoms with van der Waals surface area (Å²) in [6, 6.07) is 9.89. The maximum Gasteiger partial charge on any atom is 0.332 e. The number of hydrogen-bond donors (Lipinski definition) is 0. The van der Waals surface area contributed by atoms with E-state index in [1.165, 1.54) is 15.9 Å². The van der Waals surface area contributed by atoms with Crippen LogP contribution >= 0.6 is 11.3 Å². The number of hydrogen-bond acceptors (Lipinski definition) is 4. The van der Waals surface area contributed by atoms with Crippen LogP contribution in [0.25, 0.3) is 10.2 Å². The average Bonchev–Trinajstić information content (AvgIpc) is 3.25. The third-order valence-corrected chi connectivity index (χ3v) is 5.93. The molecule has 0 saturated heterocycles. The molecule has 0 amide bonds. The van der Waals surface area contributed by atoms with Crippen molar-refractivity contribution in [2.75, 3.05) is 0 Å². The highest BCUT2D eigenvalue weighted by molar-refractivity contribution is 7.17. The Morgan fingerprint density at radius 3 is 2.59 bits per heavy atom. The molecule has 0 aliphatic rings. The summed E-state index contributed by atoms with van der Waals surface area (Å²) in [6.45, 7) is 2.61. The molecule has 0 saturated carbocycles. The monoisotopic (exact) mass is 380 g/mol. The van der Waals surface area contributed by atoms with E-state index in [1.807, 2.05) is 60.4 Å². The van der Waals surface area contributed by atoms with Crippen LogP contribution < -0.4 is 11.2 Å². The van der Waals surface area contributed by atoms with Crippen molar-refractivity contribution >= 4 is 21.6 Å². The fourth-order valence-electron chi connectivity index (χ4n) is 3.26. The van der Waals surface area contributed by atoms with Gasteiger partial charge in [0.2, 0.25) is 0 Å². The van der Waals surface area contributed by atoms with Crippen molar-refractivity contribution in [3.63, 3.8) is 0 Å². The largest absolute Gasteiger partial charge is 0.337 e. The van der Waals surface area contributed by atoms with Gasteiger partial charge in [0.05, 0.1) is 11.9 Å². The summed E-state index contributed by atoms with van der Waals surface area (Å²) < 4.78 is 4.91. The number of rotatable bonds is 5. The first kappa shape index (κ1) is 17.5. The minimum Gasteiger partial charge on any atom is -0.337 e. The van der Waals surface area contributed by atoms with E-state index in [2.05, 4.69) is 4.98 Å². The molecule has 0 N–H and O–H groups in total. The Balaban J connectivity index is 1.83. The van der Waals surface area contributed by atoms with Crippen LogP contribution in [0.3, 0.4) is 0 Å². The van der Waals surface area contributed by atoms with Gasteiger partial charge in [-0.2, -0.15) is 0 Å². The van der Waals surface area contributed by atoms with Gasteiger partial charge in [-0.05, 0) is 29.9 Å². The molecule has 0 aliphatic heterocycles. The Hall–Kier alpha value is -2.93. The van der Waals surface area contributed by atoms with Crippen molar-refractivity contribution < 1.29 is 0 Å². The molecule has 0 spiro atoms. The van der Waals surface area contributed by atoms with Gasteiger partial charge in [-0.15, -0.1) is 11.3 Å². The summed E-state index contributed by atoms with van der Waals surface area (Å²) in [5.41, 5.74) is 1.51. The molecule has 1 aromatic carbocycles. The van der Waals surface area contributed by atoms with Gasteiger partial charge < -0.3 is 4.57 Å². The van der Waals surface area contributed by atoms with E-state index >= 15 is 0 Å². The molecule has 3 heterocycles. The second-order valence-electron chi connectivity index (χ2n) is 6.61. The molecule has 4 rings (SSSR count). The number of nitrogens with zero attached hydrogens (tertiary/aromatic N) is 4. The van der Waals surface area contributed by atoms with E-state index in [-0.39, 0.29) is 11.2 Å². The summed E-state index contributed by atoms with van der Waals surface area (Å²) in [5.74, 6) is 0.776. The minimum atomic E-state index is -0.284. The summed E-state index contributed by atoms with van der Waals surface area (Å²) in [5, 5.41) is 2.56. The van der Waals surface area contributed by atoms with Crippen molar-refractivity contribution in [2.45, 2.75) is 26.4 Å². The molecule has 0 unspecified atom stereocenters. The first-order valence-electron chi connectivity index (χ1n) is 8.78. The lowest BCUT2D eigenvalue weighted by Gasteiger charge is -2.12. The Morgan fingerprint density at radius 1 is 1.11 bits per heavy atom. The van der Waals surface area contributed by atoms with Crippen LogP contribution in [0.1, 0.15) is 17.0 Å². The molecule has 0 radical (unpaired) electrons. The molecule has 6 nitrogen and oxygen atoms in total. The van der Waals surface area contributed by atoms with Crippen LogP contribution in [0, 0.1) is 6.92 Å². The number of benzene rings is 1. The van der Waals surface area contributed by atoms with Crippen LogP contribution in [-0.4, -0.2) is 18.7 Å². The third kappa shape index (κ3) is 3.14. The summed E-state index contributed by atoms with van der Waals surface area (Å²) >= 11 is 1.43. The van der Waals surface area contributed by atoms with E-state index in [0.717, 1.165) is 17.0 Å². The highest BCUT2D eigenvalue weighted by Gasteiger charge is 2.17. The van der Waals surface area contributed by atoms with Gasteiger partial charge in [-0.25, -0.2) is 9.78 Å². The SMILES string of the molecule is Cc1csc2c1c(=O)n(CCc1ccccc1)c(=O)n2Cc1nccn1C. The van der Waals surface area contributed by atoms with E-state index < -0.39 is 0 Å². The normalized spacial score (nSPS) is 11.3. The number of imidazole rings is 1. The molecule has 0 bridgehead atoms. The van der Waals surface area contributed by atoms with Crippen LogP contribution in [0.2, 0.25) is 0 Å². The first-order chi connectivity index (χ1) is 13.1. The molecule has 7 heteroatoms. The zero-order valence-electron chi connectivity index (χ0n) is 15.3. The average molecular weight is 380 g/mol. The van der Waals surface area contributed by atoms with Crippen LogP contribution in [0.4, 0.5) is 0 Å². The lowest BCUT2D eigenvalue weighted by atomic mass is 10.1. The molecular weight excluding hydrogens is 360 g/mol. The van der Waals surface area contributed by atoms with Gasteiger partial charge >= 0.3 is 5.69 Å². The number of thiophene rings is 1. The number of aryl methyl sites for hydroxylation is 3. The highest BCUT2D eigenvalue weighted by atomic mass is 32.1. The van der Waals surface area contributed by atoms with Crippen LogP contribution in [-0.2, 0) is 26.6 Å². The van der Waals surface area contributed by atoms with E-state index in [4.69, 9.17) is 0 Å². The minimum absolute atomic E-state index is 0.208. The molecule has 27 heavy (non-hydrogen) atoms. The zero-order valence-corrected chi connectivity index (χ0v) is 16.1. The van der Waals surface area contributed by atoms with Gasteiger partial charge in [0.1, 0.15) is 10.7 Å². The first-order valence-corrected chi connectivity index (χ1v) is 9.66. The summed E-state index contributed by atoms with van der Waals surface area (Å²) in [4.78, 5) is 31.2. The number of fused-ring (bicyclic) bond motifs is 1. The molecule has 4 aromatic rings. The summed E-state index contributed by atoms with van der Waals surface area (Å²) in [7, 11) is 1.90. The van der Waals surface area contributed by atoms with E-state index in [9.17, 15) is 9.59 Å². The Kier molecular flexibility index (Phi) is 4.53. The van der Waals surface area contributed by atoms with E-state index in [0.29, 0.717) is 29.7 Å². The smallest absolute Gasteiger partial charge is 0.332 e. The second kappa shape index (κ2) is 7.00. The molecule has 0 atom stereocenters. The van der Waals surface area contributed by atoms with Crippen molar-refractivity contribution in [3.8, 4) is 0 Å². The lowest BCUT2D eigenvalue weighted by Crippen LogP contribution is -2.40. The molecule has 0 aliphatic carbocycles. The van der Waals surface area contributed by atoms with Gasteiger partial charge in [-0.1, -0.05) is 30.3 Å². The number of aromatic nitrogens is 4. The molecular formula is C20H20N4O2S. The van der Waals surface area contributed by atoms with Crippen molar-refractivity contribution in [3.05, 3.63) is 85.9 Å². The fourth-order valence-corrected chi connectivity index (χ4v) is 4.30. The Morgan fingerprint density at radius 2 is 1.89 bits per heavy atom. The third-order valence-electron chi connectivity index (χ3n) is 4.81. The van der Waals surface area contributed by atoms with Gasteiger partial charge in [0.25, 0.3) is 5.56 Å². The van der Waals surface area contributed by atoms with Crippen LogP contribution in [0.15, 0.2) is 57.7 Å².